The van der Waals surface area contributed by atoms with Gasteiger partial charge < -0.3 is 10.6 Å². The van der Waals surface area contributed by atoms with E-state index in [9.17, 15) is 8.78 Å². The van der Waals surface area contributed by atoms with E-state index < -0.39 is 11.6 Å². The van der Waals surface area contributed by atoms with Crippen molar-refractivity contribution < 1.29 is 8.78 Å². The molecule has 0 spiro atoms. The summed E-state index contributed by atoms with van der Waals surface area (Å²) in [7, 11) is 2.08. The highest BCUT2D eigenvalue weighted by molar-refractivity contribution is 7.80. The van der Waals surface area contributed by atoms with Crippen LogP contribution in [0, 0.1) is 17.6 Å². The van der Waals surface area contributed by atoms with Crippen LogP contribution in [0.2, 0.25) is 0 Å². The van der Waals surface area contributed by atoms with Crippen LogP contribution in [0.5, 0.6) is 0 Å². The van der Waals surface area contributed by atoms with Crippen molar-refractivity contribution in [3.8, 4) is 0 Å². The molecule has 1 aliphatic rings. The Balaban J connectivity index is 2.17. The van der Waals surface area contributed by atoms with E-state index >= 15 is 0 Å². The Kier molecular flexibility index (Phi) is 6.66. The molecule has 3 N–H and O–H groups in total. The lowest BCUT2D eigenvalue weighted by molar-refractivity contribution is 0.192. The molecular formula is C17H25F2N5S. The minimum absolute atomic E-state index is 0.0395. The van der Waals surface area contributed by atoms with Crippen LogP contribution >= 0.6 is 12.2 Å². The number of hydrogen-bond acceptors (Lipinski definition) is 4. The molecule has 25 heavy (non-hydrogen) atoms. The molecule has 1 heterocycles. The van der Waals surface area contributed by atoms with Gasteiger partial charge >= 0.3 is 0 Å². The van der Waals surface area contributed by atoms with E-state index in [4.69, 9.17) is 5.73 Å². The second-order valence-corrected chi connectivity index (χ2v) is 7.21. The molecule has 1 aliphatic heterocycles. The maximum Gasteiger partial charge on any atom is 0.184 e. The number of benzene rings is 1. The van der Waals surface area contributed by atoms with Gasteiger partial charge in [0.25, 0.3) is 0 Å². The first kappa shape index (κ1) is 19.5. The van der Waals surface area contributed by atoms with Gasteiger partial charge in [0.15, 0.2) is 5.11 Å². The van der Waals surface area contributed by atoms with Crippen LogP contribution in [-0.4, -0.2) is 49.0 Å². The number of likely N-dealkylation sites (N-methyl/N-ethyl adjacent to an activating group) is 1. The van der Waals surface area contributed by atoms with Crippen LogP contribution in [-0.2, 0) is 0 Å². The molecule has 8 heteroatoms. The summed E-state index contributed by atoms with van der Waals surface area (Å²) in [5, 5.41) is 3.63. The second kappa shape index (κ2) is 8.53. The van der Waals surface area contributed by atoms with Crippen molar-refractivity contribution in [1.82, 2.24) is 10.3 Å². The number of halogens is 2. The quantitative estimate of drug-likeness (QED) is 0.474. The maximum absolute atomic E-state index is 14.5. The van der Waals surface area contributed by atoms with E-state index in [0.717, 1.165) is 25.2 Å². The van der Waals surface area contributed by atoms with Gasteiger partial charge in [-0.25, -0.2) is 8.78 Å². The smallest absolute Gasteiger partial charge is 0.184 e. The van der Waals surface area contributed by atoms with Crippen molar-refractivity contribution in [2.45, 2.75) is 26.3 Å². The maximum atomic E-state index is 14.5. The normalized spacial score (nSPS) is 19.0. The molecule has 2 rings (SSSR count). The molecule has 0 radical (unpaired) electrons. The molecule has 5 nitrogen and oxygen atoms in total. The number of nitrogens with two attached hydrogens (primary N) is 1. The lowest BCUT2D eigenvalue weighted by Crippen LogP contribution is -2.52. The summed E-state index contributed by atoms with van der Waals surface area (Å²) in [4.78, 5) is 4.20. The number of anilines is 1. The Labute approximate surface area is 152 Å². The van der Waals surface area contributed by atoms with Crippen LogP contribution in [0.15, 0.2) is 17.2 Å². The molecule has 0 saturated carbocycles. The summed E-state index contributed by atoms with van der Waals surface area (Å²) >= 11 is 4.60. The van der Waals surface area contributed by atoms with Crippen LogP contribution in [0.1, 0.15) is 25.8 Å². The van der Waals surface area contributed by atoms with E-state index in [1.165, 1.54) is 6.07 Å². The number of nitrogens with one attached hydrogen (secondary N) is 1. The number of thiocarbonyl (C=S) groups is 1. The van der Waals surface area contributed by atoms with E-state index in [-0.39, 0.29) is 10.7 Å². The van der Waals surface area contributed by atoms with E-state index in [1.807, 2.05) is 4.90 Å². The van der Waals surface area contributed by atoms with Gasteiger partial charge in [0.2, 0.25) is 0 Å². The van der Waals surface area contributed by atoms with Crippen LogP contribution in [0.4, 0.5) is 14.5 Å². The molecule has 0 aliphatic carbocycles. The van der Waals surface area contributed by atoms with Gasteiger partial charge in [0, 0.05) is 37.3 Å². The Morgan fingerprint density at radius 3 is 2.76 bits per heavy atom. The third-order valence-corrected chi connectivity index (χ3v) is 4.40. The highest BCUT2D eigenvalue weighted by atomic mass is 32.1. The summed E-state index contributed by atoms with van der Waals surface area (Å²) in [6, 6.07) is 2.70. The standard InChI is InChI=1S/C17H25F2N5S/c1-11(2)6-13-10-24(5-4-23(13)3)16-8-14(18)12(7-15(16)19)9-21-22-17(20)25/h7-9,11,13H,4-6,10H2,1-3H3,(H3,20,22,25)/b21-9+/t13-/m0/s1. The van der Waals surface area contributed by atoms with Crippen LogP contribution in [0.25, 0.3) is 0 Å². The van der Waals surface area contributed by atoms with Crippen molar-refractivity contribution in [1.29, 1.82) is 0 Å². The largest absolute Gasteiger partial charge is 0.375 e. The molecule has 0 aromatic heterocycles. The lowest BCUT2D eigenvalue weighted by Gasteiger charge is -2.41. The lowest BCUT2D eigenvalue weighted by atomic mass is 10.00. The van der Waals surface area contributed by atoms with Gasteiger partial charge in [0.05, 0.1) is 11.9 Å². The van der Waals surface area contributed by atoms with Crippen molar-refractivity contribution in [2.24, 2.45) is 16.8 Å². The fourth-order valence-electron chi connectivity index (χ4n) is 3.02. The molecule has 1 aromatic rings. The number of hydrogen-bond donors (Lipinski definition) is 2. The number of rotatable bonds is 5. The number of hydrazone groups is 1. The zero-order valence-electron chi connectivity index (χ0n) is 14.8. The molecule has 1 fully saturated rings. The minimum atomic E-state index is -0.538. The van der Waals surface area contributed by atoms with Crippen LogP contribution in [0.3, 0.4) is 0 Å². The van der Waals surface area contributed by atoms with Crippen LogP contribution < -0.4 is 16.1 Å². The third-order valence-electron chi connectivity index (χ3n) is 4.31. The van der Waals surface area contributed by atoms with Gasteiger partial charge in [-0.05, 0) is 37.7 Å². The first-order valence-electron chi connectivity index (χ1n) is 8.30. The first-order chi connectivity index (χ1) is 11.8. The summed E-state index contributed by atoms with van der Waals surface area (Å²) in [6.07, 6.45) is 2.18. The zero-order chi connectivity index (χ0) is 18.6. The molecule has 1 aromatic carbocycles. The highest BCUT2D eigenvalue weighted by Crippen LogP contribution is 2.26. The Bertz CT molecular complexity index is 650. The van der Waals surface area contributed by atoms with Gasteiger partial charge in [-0.3, -0.25) is 10.3 Å². The SMILES string of the molecule is CC(C)C[C@H]1CN(c2cc(F)c(/C=N/NC(N)=S)cc2F)CCN1C. The van der Waals surface area contributed by atoms with E-state index in [0.29, 0.717) is 30.7 Å². The first-order valence-corrected chi connectivity index (χ1v) is 8.71. The number of nitrogens with zero attached hydrogens (tertiary/aromatic N) is 3. The van der Waals surface area contributed by atoms with Crippen molar-refractivity contribution in [3.05, 3.63) is 29.3 Å². The molecule has 0 unspecified atom stereocenters. The minimum Gasteiger partial charge on any atom is -0.375 e. The average Bonchev–Trinajstić information content (AvgIpc) is 2.52. The van der Waals surface area contributed by atoms with E-state index in [2.05, 4.69) is 48.5 Å². The van der Waals surface area contributed by atoms with Gasteiger partial charge in [-0.15, -0.1) is 0 Å². The zero-order valence-corrected chi connectivity index (χ0v) is 15.6. The Morgan fingerprint density at radius 2 is 2.12 bits per heavy atom. The van der Waals surface area contributed by atoms with Gasteiger partial charge in [-0.2, -0.15) is 5.10 Å². The molecule has 138 valence electrons. The molecule has 1 atom stereocenters. The van der Waals surface area contributed by atoms with Gasteiger partial charge in [0.1, 0.15) is 11.6 Å². The summed E-state index contributed by atoms with van der Waals surface area (Å²) in [5.74, 6) is -0.455. The average molecular weight is 369 g/mol. The topological polar surface area (TPSA) is 56.9 Å². The predicted octanol–water partition coefficient (Wildman–Crippen LogP) is 2.30. The highest BCUT2D eigenvalue weighted by Gasteiger charge is 2.27. The predicted molar refractivity (Wildman–Crippen MR) is 102 cm³/mol. The van der Waals surface area contributed by atoms with Crippen molar-refractivity contribution >= 4 is 29.2 Å². The molecular weight excluding hydrogens is 344 g/mol. The molecule has 0 bridgehead atoms. The Morgan fingerprint density at radius 1 is 1.40 bits per heavy atom. The molecule has 0 amide bonds. The fourth-order valence-corrected chi connectivity index (χ4v) is 3.07. The fraction of sp³-hybridized carbons (Fsp3) is 0.529. The summed E-state index contributed by atoms with van der Waals surface area (Å²) in [6.45, 7) is 6.50. The third kappa shape index (κ3) is 5.34. The monoisotopic (exact) mass is 369 g/mol. The second-order valence-electron chi connectivity index (χ2n) is 6.77. The van der Waals surface area contributed by atoms with Crippen molar-refractivity contribution in [2.75, 3.05) is 31.6 Å². The van der Waals surface area contributed by atoms with Gasteiger partial charge in [-0.1, -0.05) is 13.8 Å². The summed E-state index contributed by atoms with van der Waals surface area (Å²) in [5.41, 5.74) is 7.88. The van der Waals surface area contributed by atoms with Crippen molar-refractivity contribution in [3.63, 3.8) is 0 Å². The number of piperazine rings is 1. The van der Waals surface area contributed by atoms with E-state index in [1.54, 1.807) is 0 Å². The Hall–Kier alpha value is -1.80. The molecule has 1 saturated heterocycles. The summed E-state index contributed by atoms with van der Waals surface area (Å²) < 4.78 is 28.8.